The van der Waals surface area contributed by atoms with Gasteiger partial charge in [-0.2, -0.15) is 0 Å². The fourth-order valence-corrected chi connectivity index (χ4v) is 4.70. The van der Waals surface area contributed by atoms with Gasteiger partial charge in [-0.3, -0.25) is 9.59 Å². The Morgan fingerprint density at radius 2 is 1.79 bits per heavy atom. The highest BCUT2D eigenvalue weighted by Gasteiger charge is 2.47. The molecule has 3 aliphatic heterocycles. The van der Waals surface area contributed by atoms with E-state index in [-0.39, 0.29) is 17.4 Å². The van der Waals surface area contributed by atoms with Gasteiger partial charge in [0.15, 0.2) is 11.5 Å². The maximum atomic E-state index is 13.2. The number of ketones is 1. The van der Waals surface area contributed by atoms with E-state index in [2.05, 4.69) is 6.92 Å². The minimum absolute atomic E-state index is 0.0823. The first-order chi connectivity index (χ1) is 16.1. The predicted molar refractivity (Wildman–Crippen MR) is 121 cm³/mol. The molecule has 172 valence electrons. The van der Waals surface area contributed by atoms with E-state index >= 15 is 0 Å². The molecule has 7 heteroatoms. The van der Waals surface area contributed by atoms with Crippen molar-refractivity contribution < 1.29 is 28.9 Å². The lowest BCUT2D eigenvalue weighted by molar-refractivity contribution is -0.140. The number of aryl methyl sites for hydroxylation is 1. The second kappa shape index (κ2) is 8.90. The molecule has 2 unspecified atom stereocenters. The Hall–Kier alpha value is -3.32. The van der Waals surface area contributed by atoms with Crippen LogP contribution in [0.25, 0.3) is 5.76 Å². The molecule has 0 bridgehead atoms. The Kier molecular flexibility index (Phi) is 5.81. The van der Waals surface area contributed by atoms with Gasteiger partial charge in [0.05, 0.1) is 17.7 Å². The van der Waals surface area contributed by atoms with Gasteiger partial charge in [0.1, 0.15) is 19.0 Å². The van der Waals surface area contributed by atoms with Crippen LogP contribution < -0.4 is 9.47 Å². The number of nitrogens with zero attached hydrogens (tertiary/aromatic N) is 1. The largest absolute Gasteiger partial charge is 0.507 e. The smallest absolute Gasteiger partial charge is 0.295 e. The first kappa shape index (κ1) is 21.5. The average molecular weight is 450 g/mol. The predicted octanol–water partition coefficient (Wildman–Crippen LogP) is 3.62. The first-order valence-electron chi connectivity index (χ1n) is 11.5. The molecule has 2 aromatic carbocycles. The molecule has 0 saturated carbocycles. The number of carbonyl (C=O) groups excluding carboxylic acids is 2. The Morgan fingerprint density at radius 1 is 1.03 bits per heavy atom. The van der Waals surface area contributed by atoms with E-state index in [9.17, 15) is 14.7 Å². The molecule has 2 fully saturated rings. The maximum absolute atomic E-state index is 13.2. The lowest BCUT2D eigenvalue weighted by atomic mass is 9.94. The van der Waals surface area contributed by atoms with Crippen LogP contribution in [0.2, 0.25) is 0 Å². The lowest BCUT2D eigenvalue weighted by Crippen LogP contribution is -2.36. The molecule has 0 aliphatic carbocycles. The number of fused-ring (bicyclic) bond motifs is 1. The summed E-state index contributed by atoms with van der Waals surface area (Å²) in [4.78, 5) is 27.8. The average Bonchev–Trinajstić information content (AvgIpc) is 3.46. The number of rotatable bonds is 5. The second-order valence-electron chi connectivity index (χ2n) is 8.54. The third kappa shape index (κ3) is 3.97. The highest BCUT2D eigenvalue weighted by atomic mass is 16.6. The van der Waals surface area contributed by atoms with Gasteiger partial charge in [0.25, 0.3) is 11.7 Å². The van der Waals surface area contributed by atoms with Crippen LogP contribution in [0, 0.1) is 0 Å². The van der Waals surface area contributed by atoms with Crippen LogP contribution in [0.3, 0.4) is 0 Å². The number of hydrogen-bond donors (Lipinski definition) is 1. The van der Waals surface area contributed by atoms with Crippen molar-refractivity contribution in [3.63, 3.8) is 0 Å². The topological polar surface area (TPSA) is 85.3 Å². The molecule has 1 amide bonds. The summed E-state index contributed by atoms with van der Waals surface area (Å²) in [6.07, 6.45) is 2.54. The number of benzene rings is 2. The Labute approximate surface area is 192 Å². The van der Waals surface area contributed by atoms with Gasteiger partial charge in [0, 0.05) is 18.7 Å². The molecule has 5 rings (SSSR count). The molecule has 0 aromatic heterocycles. The van der Waals surface area contributed by atoms with Crippen molar-refractivity contribution in [3.8, 4) is 11.5 Å². The minimum atomic E-state index is -0.690. The summed E-state index contributed by atoms with van der Waals surface area (Å²) < 4.78 is 16.9. The number of hydrogen-bond acceptors (Lipinski definition) is 6. The van der Waals surface area contributed by atoms with Crippen LogP contribution in [0.5, 0.6) is 11.5 Å². The summed E-state index contributed by atoms with van der Waals surface area (Å²) in [7, 11) is 0. The molecule has 7 nitrogen and oxygen atoms in total. The van der Waals surface area contributed by atoms with E-state index in [0.717, 1.165) is 30.4 Å². The van der Waals surface area contributed by atoms with E-state index < -0.39 is 17.7 Å². The molecule has 2 aromatic rings. The standard InChI is InChI=1S/C26H27NO6/c1-2-16-5-7-17(8-6-16)23-22(25(29)26(30)27(23)15-19-4-3-11-31-19)24(28)18-9-10-20-21(14-18)33-13-12-32-20/h5-10,14,19,23,28H,2-4,11-13,15H2,1H3/b24-22-. The summed E-state index contributed by atoms with van der Waals surface area (Å²) in [5.41, 5.74) is 2.42. The van der Waals surface area contributed by atoms with Crippen molar-refractivity contribution in [1.29, 1.82) is 0 Å². The second-order valence-corrected chi connectivity index (χ2v) is 8.54. The fourth-order valence-electron chi connectivity index (χ4n) is 4.70. The van der Waals surface area contributed by atoms with Crippen molar-refractivity contribution in [2.75, 3.05) is 26.4 Å². The Bertz CT molecular complexity index is 1100. The maximum Gasteiger partial charge on any atom is 0.295 e. The Morgan fingerprint density at radius 3 is 2.48 bits per heavy atom. The van der Waals surface area contributed by atoms with Gasteiger partial charge >= 0.3 is 0 Å². The molecule has 0 radical (unpaired) electrons. The number of amides is 1. The molecule has 3 heterocycles. The molecule has 0 spiro atoms. The van der Waals surface area contributed by atoms with E-state index in [1.165, 1.54) is 0 Å². The van der Waals surface area contributed by atoms with Gasteiger partial charge in [0.2, 0.25) is 0 Å². The van der Waals surface area contributed by atoms with E-state index in [1.54, 1.807) is 23.1 Å². The number of aliphatic hydroxyl groups is 1. The minimum Gasteiger partial charge on any atom is -0.507 e. The van der Waals surface area contributed by atoms with Crippen LogP contribution in [0.15, 0.2) is 48.0 Å². The van der Waals surface area contributed by atoms with Crippen LogP contribution in [-0.4, -0.2) is 54.2 Å². The first-order valence-corrected chi connectivity index (χ1v) is 11.5. The highest BCUT2D eigenvalue weighted by molar-refractivity contribution is 6.46. The summed E-state index contributed by atoms with van der Waals surface area (Å²) in [6, 6.07) is 12.2. The highest BCUT2D eigenvalue weighted by Crippen LogP contribution is 2.41. The zero-order chi connectivity index (χ0) is 22.9. The van der Waals surface area contributed by atoms with Crippen LogP contribution in [0.1, 0.15) is 42.5 Å². The van der Waals surface area contributed by atoms with Gasteiger partial charge in [-0.25, -0.2) is 0 Å². The fraction of sp³-hybridized carbons (Fsp3) is 0.385. The van der Waals surface area contributed by atoms with Crippen molar-refractivity contribution >= 4 is 17.4 Å². The van der Waals surface area contributed by atoms with Crippen molar-refractivity contribution in [2.45, 2.75) is 38.3 Å². The quantitative estimate of drug-likeness (QED) is 0.426. The van der Waals surface area contributed by atoms with E-state index in [4.69, 9.17) is 14.2 Å². The van der Waals surface area contributed by atoms with Crippen LogP contribution >= 0.6 is 0 Å². The number of aliphatic hydroxyl groups excluding tert-OH is 1. The summed E-state index contributed by atoms with van der Waals surface area (Å²) in [6.45, 7) is 3.90. The van der Waals surface area contributed by atoms with Crippen molar-refractivity contribution in [1.82, 2.24) is 4.90 Å². The third-order valence-corrected chi connectivity index (χ3v) is 6.48. The van der Waals surface area contributed by atoms with Crippen LogP contribution in [0.4, 0.5) is 0 Å². The molecule has 1 N–H and O–H groups in total. The van der Waals surface area contributed by atoms with E-state index in [1.807, 2.05) is 24.3 Å². The SMILES string of the molecule is CCc1ccc(C2/C(=C(/O)c3ccc4c(c3)OCCO4)C(=O)C(=O)N2CC2CCCO2)cc1. The zero-order valence-electron chi connectivity index (χ0n) is 18.6. The number of ether oxygens (including phenoxy) is 3. The Balaban J connectivity index is 1.59. The monoisotopic (exact) mass is 449 g/mol. The van der Waals surface area contributed by atoms with Crippen molar-refractivity contribution in [3.05, 3.63) is 64.7 Å². The van der Waals surface area contributed by atoms with E-state index in [0.29, 0.717) is 43.4 Å². The summed E-state index contributed by atoms with van der Waals surface area (Å²) >= 11 is 0. The zero-order valence-corrected chi connectivity index (χ0v) is 18.6. The van der Waals surface area contributed by atoms with Crippen LogP contribution in [-0.2, 0) is 20.7 Å². The third-order valence-electron chi connectivity index (χ3n) is 6.48. The number of carbonyl (C=O) groups is 2. The van der Waals surface area contributed by atoms with Crippen molar-refractivity contribution in [2.24, 2.45) is 0 Å². The van der Waals surface area contributed by atoms with Gasteiger partial charge in [-0.15, -0.1) is 0 Å². The molecule has 3 aliphatic rings. The molecule has 2 atom stereocenters. The normalized spacial score (nSPS) is 23.8. The van der Waals surface area contributed by atoms with Gasteiger partial charge < -0.3 is 24.2 Å². The molecular weight excluding hydrogens is 422 g/mol. The molecule has 2 saturated heterocycles. The lowest BCUT2D eigenvalue weighted by Gasteiger charge is -2.27. The summed E-state index contributed by atoms with van der Waals surface area (Å²) in [5.74, 6) is -0.435. The number of Topliss-reactive ketones (excluding diaryl/α,β-unsaturated/α-hetero) is 1. The van der Waals surface area contributed by atoms with Gasteiger partial charge in [-0.05, 0) is 48.6 Å². The van der Waals surface area contributed by atoms with Gasteiger partial charge in [-0.1, -0.05) is 31.2 Å². The molecule has 33 heavy (non-hydrogen) atoms. The summed E-state index contributed by atoms with van der Waals surface area (Å²) in [5, 5.41) is 11.3. The number of likely N-dealkylation sites (tertiary alicyclic amines) is 1. The molecular formula is C26H27NO6.